The van der Waals surface area contributed by atoms with Crippen molar-refractivity contribution in [3.63, 3.8) is 0 Å². The van der Waals surface area contributed by atoms with Crippen LogP contribution < -0.4 is 14.4 Å². The number of hydroxylamine groups is 2. The van der Waals surface area contributed by atoms with Gasteiger partial charge in [-0.1, -0.05) is 42.5 Å². The fourth-order valence-electron chi connectivity index (χ4n) is 3.88. The van der Waals surface area contributed by atoms with Crippen LogP contribution in [-0.4, -0.2) is 46.5 Å². The van der Waals surface area contributed by atoms with E-state index in [9.17, 15) is 8.42 Å². The molecule has 1 saturated heterocycles. The Bertz CT molecular complexity index is 1170. The summed E-state index contributed by atoms with van der Waals surface area (Å²) in [7, 11) is 1.91. The van der Waals surface area contributed by atoms with Crippen molar-refractivity contribution in [1.29, 1.82) is 0 Å². The van der Waals surface area contributed by atoms with Gasteiger partial charge in [-0.2, -0.15) is 5.06 Å². The first-order valence-electron chi connectivity index (χ1n) is 10.7. The molecule has 8 heteroatoms. The lowest BCUT2D eigenvalue weighted by Gasteiger charge is -2.24. The zero-order valence-electron chi connectivity index (χ0n) is 19.0. The first kappa shape index (κ1) is 23.1. The molecule has 3 aromatic carbocycles. The van der Waals surface area contributed by atoms with E-state index in [1.54, 1.807) is 24.2 Å². The summed E-state index contributed by atoms with van der Waals surface area (Å²) in [5.74, 6) is 0.681. The first-order chi connectivity index (χ1) is 15.8. The zero-order valence-corrected chi connectivity index (χ0v) is 19.8. The molecular weight excluding hydrogens is 438 g/mol. The summed E-state index contributed by atoms with van der Waals surface area (Å²) >= 11 is 0. The number of sulfonamides is 1. The SMILES string of the molecule is CN(C)c1ccc(NS(=O)(=O)[C@@H]2CON(C)[C@H]2c2cccc(OCc3ccccc3)c2)cc1. The molecule has 0 saturated carbocycles. The minimum absolute atomic E-state index is 0.0708. The van der Waals surface area contributed by atoms with Crippen LogP contribution in [0.1, 0.15) is 17.2 Å². The molecule has 174 valence electrons. The van der Waals surface area contributed by atoms with Crippen LogP contribution in [0.25, 0.3) is 0 Å². The Hall–Kier alpha value is -3.07. The fraction of sp³-hybridized carbons (Fsp3) is 0.280. The van der Waals surface area contributed by atoms with Crippen LogP contribution in [0.3, 0.4) is 0 Å². The number of anilines is 2. The maximum atomic E-state index is 13.3. The molecule has 33 heavy (non-hydrogen) atoms. The van der Waals surface area contributed by atoms with Crippen molar-refractivity contribution in [2.45, 2.75) is 17.9 Å². The van der Waals surface area contributed by atoms with Gasteiger partial charge in [0, 0.05) is 32.5 Å². The van der Waals surface area contributed by atoms with Gasteiger partial charge >= 0.3 is 0 Å². The van der Waals surface area contributed by atoms with Crippen molar-refractivity contribution < 1.29 is 18.0 Å². The van der Waals surface area contributed by atoms with Crippen molar-refractivity contribution >= 4 is 21.4 Å². The van der Waals surface area contributed by atoms with E-state index < -0.39 is 21.3 Å². The normalized spacial score (nSPS) is 18.8. The molecule has 0 aromatic heterocycles. The topological polar surface area (TPSA) is 71.1 Å². The van der Waals surface area contributed by atoms with Crippen LogP contribution >= 0.6 is 0 Å². The van der Waals surface area contributed by atoms with E-state index in [0.717, 1.165) is 16.8 Å². The van der Waals surface area contributed by atoms with E-state index in [4.69, 9.17) is 9.57 Å². The summed E-state index contributed by atoms with van der Waals surface area (Å²) in [6, 6.07) is 24.2. The van der Waals surface area contributed by atoms with Gasteiger partial charge in [-0.05, 0) is 47.5 Å². The molecule has 0 radical (unpaired) electrons. The van der Waals surface area contributed by atoms with E-state index in [-0.39, 0.29) is 6.61 Å². The highest BCUT2D eigenvalue weighted by molar-refractivity contribution is 7.93. The van der Waals surface area contributed by atoms with Crippen LogP contribution in [0.2, 0.25) is 0 Å². The lowest BCUT2D eigenvalue weighted by molar-refractivity contribution is -0.110. The molecule has 3 aromatic rings. The molecule has 2 atom stereocenters. The predicted octanol–water partition coefficient (Wildman–Crippen LogP) is 4.06. The molecule has 1 aliphatic heterocycles. The van der Waals surface area contributed by atoms with E-state index in [1.807, 2.05) is 85.7 Å². The smallest absolute Gasteiger partial charge is 0.239 e. The van der Waals surface area contributed by atoms with Crippen LogP contribution in [0.5, 0.6) is 5.75 Å². The minimum Gasteiger partial charge on any atom is -0.489 e. The maximum absolute atomic E-state index is 13.3. The number of hydrogen-bond acceptors (Lipinski definition) is 6. The molecule has 4 rings (SSSR count). The summed E-state index contributed by atoms with van der Waals surface area (Å²) in [6.45, 7) is 0.509. The van der Waals surface area contributed by atoms with Crippen LogP contribution in [0.4, 0.5) is 11.4 Å². The average Bonchev–Trinajstić information content (AvgIpc) is 3.21. The third kappa shape index (κ3) is 5.47. The average molecular weight is 468 g/mol. The van der Waals surface area contributed by atoms with Gasteiger partial charge in [-0.3, -0.25) is 9.56 Å². The molecule has 1 fully saturated rings. The summed E-state index contributed by atoms with van der Waals surface area (Å²) in [6.07, 6.45) is 0. The van der Waals surface area contributed by atoms with Crippen molar-refractivity contribution in [3.8, 4) is 5.75 Å². The van der Waals surface area contributed by atoms with E-state index in [2.05, 4.69) is 4.72 Å². The lowest BCUT2D eigenvalue weighted by atomic mass is 10.0. The highest BCUT2D eigenvalue weighted by Crippen LogP contribution is 2.35. The molecule has 0 unspecified atom stereocenters. The van der Waals surface area contributed by atoms with Crippen molar-refractivity contribution in [1.82, 2.24) is 5.06 Å². The molecule has 0 amide bonds. The van der Waals surface area contributed by atoms with Gasteiger partial charge < -0.3 is 9.64 Å². The van der Waals surface area contributed by atoms with Gasteiger partial charge in [-0.15, -0.1) is 0 Å². The number of benzene rings is 3. The molecule has 7 nitrogen and oxygen atoms in total. The zero-order chi connectivity index (χ0) is 23.4. The molecule has 0 bridgehead atoms. The van der Waals surface area contributed by atoms with Gasteiger partial charge in [-0.25, -0.2) is 8.42 Å². The van der Waals surface area contributed by atoms with Gasteiger partial charge in [0.05, 0.1) is 12.6 Å². The van der Waals surface area contributed by atoms with Gasteiger partial charge in [0.2, 0.25) is 10.0 Å². The third-order valence-electron chi connectivity index (χ3n) is 5.68. The number of rotatable bonds is 8. The largest absolute Gasteiger partial charge is 0.489 e. The summed E-state index contributed by atoms with van der Waals surface area (Å²) in [5, 5.41) is 0.829. The van der Waals surface area contributed by atoms with Crippen molar-refractivity contribution in [2.24, 2.45) is 0 Å². The van der Waals surface area contributed by atoms with Gasteiger partial charge in [0.1, 0.15) is 17.6 Å². The second kappa shape index (κ2) is 9.82. The Morgan fingerprint density at radius 1 is 1.03 bits per heavy atom. The van der Waals surface area contributed by atoms with Gasteiger partial charge in [0.15, 0.2) is 0 Å². The van der Waals surface area contributed by atoms with Gasteiger partial charge in [0.25, 0.3) is 0 Å². The number of nitrogens with one attached hydrogen (secondary N) is 1. The first-order valence-corrected chi connectivity index (χ1v) is 12.3. The monoisotopic (exact) mass is 467 g/mol. The quantitative estimate of drug-likeness (QED) is 0.539. The Morgan fingerprint density at radius 2 is 1.76 bits per heavy atom. The standard InChI is InChI=1S/C25H29N3O4S/c1-27(2)22-14-12-21(13-15-22)26-33(29,30)24-18-32-28(3)25(24)20-10-7-11-23(16-20)31-17-19-8-5-4-6-9-19/h4-16,24-26H,17-18H2,1-3H3/t24-,25+/m1/s1. The summed E-state index contributed by atoms with van der Waals surface area (Å²) in [4.78, 5) is 7.60. The van der Waals surface area contributed by atoms with Crippen molar-refractivity contribution in [3.05, 3.63) is 90.0 Å². The molecule has 1 N–H and O–H groups in total. The molecular formula is C25H29N3O4S. The van der Waals surface area contributed by atoms with E-state index >= 15 is 0 Å². The molecule has 1 aliphatic rings. The van der Waals surface area contributed by atoms with Crippen LogP contribution in [-0.2, 0) is 21.5 Å². The summed E-state index contributed by atoms with van der Waals surface area (Å²) in [5.41, 5.74) is 3.40. The molecule has 1 heterocycles. The van der Waals surface area contributed by atoms with E-state index in [1.165, 1.54) is 0 Å². The second-order valence-electron chi connectivity index (χ2n) is 8.26. The fourth-order valence-corrected chi connectivity index (χ4v) is 5.40. The Labute approximate surface area is 195 Å². The highest BCUT2D eigenvalue weighted by atomic mass is 32.2. The predicted molar refractivity (Wildman–Crippen MR) is 131 cm³/mol. The Kier molecular flexibility index (Phi) is 6.88. The number of hydrogen-bond donors (Lipinski definition) is 1. The summed E-state index contributed by atoms with van der Waals surface area (Å²) < 4.78 is 35.2. The number of nitrogens with zero attached hydrogens (tertiary/aromatic N) is 2. The van der Waals surface area contributed by atoms with Crippen LogP contribution in [0, 0.1) is 0 Å². The third-order valence-corrected chi connectivity index (χ3v) is 7.39. The lowest BCUT2D eigenvalue weighted by Crippen LogP contribution is -2.34. The molecule has 0 spiro atoms. The highest BCUT2D eigenvalue weighted by Gasteiger charge is 2.43. The van der Waals surface area contributed by atoms with E-state index in [0.29, 0.717) is 18.0 Å². The number of ether oxygens (including phenoxy) is 1. The minimum atomic E-state index is -3.72. The Morgan fingerprint density at radius 3 is 2.45 bits per heavy atom. The van der Waals surface area contributed by atoms with Crippen LogP contribution in [0.15, 0.2) is 78.9 Å². The molecule has 0 aliphatic carbocycles. The maximum Gasteiger partial charge on any atom is 0.239 e. The van der Waals surface area contributed by atoms with Crippen molar-refractivity contribution in [2.75, 3.05) is 37.4 Å². The Balaban J connectivity index is 1.51. The second-order valence-corrected chi connectivity index (χ2v) is 10.2.